The van der Waals surface area contributed by atoms with Gasteiger partial charge in [-0.3, -0.25) is 10.0 Å². The second kappa shape index (κ2) is 9.41. The Bertz CT molecular complexity index is 1590. The van der Waals surface area contributed by atoms with Gasteiger partial charge in [-0.2, -0.15) is 10.2 Å². The molecule has 1 aromatic heterocycles. The van der Waals surface area contributed by atoms with Crippen LogP contribution in [0.1, 0.15) is 85.7 Å². The first-order chi connectivity index (χ1) is 19.3. The normalized spacial score (nSPS) is 25.8. The minimum Gasteiger partial charge on any atom is -0.454 e. The number of hydrazone groups is 2. The van der Waals surface area contributed by atoms with Crippen molar-refractivity contribution in [2.75, 3.05) is 10.0 Å². The van der Waals surface area contributed by atoms with Gasteiger partial charge in [0.15, 0.2) is 0 Å². The third-order valence-electron chi connectivity index (χ3n) is 9.48. The van der Waals surface area contributed by atoms with Gasteiger partial charge in [-0.15, -0.1) is 0 Å². The van der Waals surface area contributed by atoms with Crippen LogP contribution in [0.25, 0.3) is 11.0 Å². The smallest absolute Gasteiger partial charge is 0.148 e. The van der Waals surface area contributed by atoms with E-state index in [4.69, 9.17) is 14.6 Å². The second-order valence-corrected chi connectivity index (χ2v) is 11.6. The molecule has 5 nitrogen and oxygen atoms in total. The maximum Gasteiger partial charge on any atom is 0.148 e. The summed E-state index contributed by atoms with van der Waals surface area (Å²) in [5.41, 5.74) is 7.29. The van der Waals surface area contributed by atoms with Crippen molar-refractivity contribution in [2.45, 2.75) is 75.3 Å². The second-order valence-electron chi connectivity index (χ2n) is 11.6. The van der Waals surface area contributed by atoms with Crippen LogP contribution in [0.2, 0.25) is 0 Å². The van der Waals surface area contributed by atoms with E-state index in [1.165, 1.54) is 73.9 Å². The lowest BCUT2D eigenvalue weighted by Crippen LogP contribution is -2.32. The molecule has 5 heteroatoms. The summed E-state index contributed by atoms with van der Waals surface area (Å²) < 4.78 is 6.39. The highest BCUT2D eigenvalue weighted by atomic mass is 16.3. The maximum atomic E-state index is 6.39. The zero-order valence-corrected chi connectivity index (χ0v) is 22.2. The van der Waals surface area contributed by atoms with Crippen LogP contribution in [-0.4, -0.2) is 24.5 Å². The Morgan fingerprint density at radius 2 is 1.23 bits per heavy atom. The van der Waals surface area contributed by atoms with Crippen LogP contribution in [0, 0.1) is 0 Å². The molecule has 8 rings (SSSR count). The van der Waals surface area contributed by atoms with E-state index in [1.54, 1.807) is 0 Å². The van der Waals surface area contributed by atoms with Crippen molar-refractivity contribution in [1.82, 2.24) is 0 Å². The molecule has 2 fully saturated rings. The Hall–Kier alpha value is -3.86. The van der Waals surface area contributed by atoms with Crippen LogP contribution in [0.3, 0.4) is 0 Å². The number of furan rings is 1. The number of rotatable bonds is 4. The van der Waals surface area contributed by atoms with Crippen molar-refractivity contribution in [3.63, 3.8) is 0 Å². The Morgan fingerprint density at radius 3 is 1.90 bits per heavy atom. The third-order valence-corrected chi connectivity index (χ3v) is 9.48. The van der Waals surface area contributed by atoms with E-state index in [2.05, 4.69) is 82.8 Å². The standard InChI is InChI=1S/C34H34N4O/c1-5-16-30-26(12-1)27-13-2-6-17-31(27)37(30)35-21-24-11-9-10-23-20-25(39-34(23)24)22-36-38-32-18-7-3-14-28(32)29-15-4-8-19-33(29)38/h1,3,5,7,9-12,14,16,18,20-22,27,29,31,33H,2,4,6,8,13,15,17,19H2. The van der Waals surface area contributed by atoms with Gasteiger partial charge in [0, 0.05) is 22.8 Å². The molecule has 0 bridgehead atoms. The van der Waals surface area contributed by atoms with E-state index in [0.29, 0.717) is 23.9 Å². The molecule has 2 aliphatic carbocycles. The van der Waals surface area contributed by atoms with Crippen LogP contribution < -0.4 is 10.0 Å². The monoisotopic (exact) mass is 514 g/mol. The topological polar surface area (TPSA) is 44.3 Å². The SMILES string of the molecule is C(=NN1c2ccccc2C2CCCCC21)c1cc2cccc(C=NN3c4ccccc4C4CCCCC43)c2o1. The lowest BCUT2D eigenvalue weighted by atomic mass is 9.83. The fraction of sp³-hybridized carbons (Fsp3) is 0.353. The first-order valence-electron chi connectivity index (χ1n) is 14.7. The summed E-state index contributed by atoms with van der Waals surface area (Å²) in [5.74, 6) is 1.96. The number of para-hydroxylation sites is 3. The highest BCUT2D eigenvalue weighted by Gasteiger charge is 2.40. The Labute approximate surface area is 229 Å². The van der Waals surface area contributed by atoms with Gasteiger partial charge >= 0.3 is 0 Å². The van der Waals surface area contributed by atoms with E-state index in [-0.39, 0.29) is 0 Å². The molecule has 0 saturated heterocycles. The molecular weight excluding hydrogens is 480 g/mol. The molecule has 0 radical (unpaired) electrons. The van der Waals surface area contributed by atoms with E-state index < -0.39 is 0 Å². The van der Waals surface area contributed by atoms with E-state index in [0.717, 1.165) is 22.3 Å². The molecule has 0 spiro atoms. The van der Waals surface area contributed by atoms with Crippen molar-refractivity contribution >= 4 is 34.8 Å². The summed E-state index contributed by atoms with van der Waals surface area (Å²) in [4.78, 5) is 0. The lowest BCUT2D eigenvalue weighted by Gasteiger charge is -2.30. The molecule has 2 saturated carbocycles. The summed E-state index contributed by atoms with van der Waals surface area (Å²) in [6.45, 7) is 0. The highest BCUT2D eigenvalue weighted by Crippen LogP contribution is 2.49. The average Bonchev–Trinajstić information content (AvgIpc) is 3.65. The predicted octanol–water partition coefficient (Wildman–Crippen LogP) is 8.19. The third kappa shape index (κ3) is 3.82. The van der Waals surface area contributed by atoms with Crippen LogP contribution in [-0.2, 0) is 0 Å². The van der Waals surface area contributed by atoms with Gasteiger partial charge in [-0.05, 0) is 61.1 Å². The number of hydrogen-bond donors (Lipinski definition) is 0. The molecule has 3 heterocycles. The average molecular weight is 515 g/mol. The molecule has 39 heavy (non-hydrogen) atoms. The summed E-state index contributed by atoms with van der Waals surface area (Å²) in [7, 11) is 0. The molecule has 4 atom stereocenters. The summed E-state index contributed by atoms with van der Waals surface area (Å²) in [6.07, 6.45) is 14.0. The quantitative estimate of drug-likeness (QED) is 0.258. The van der Waals surface area contributed by atoms with Gasteiger partial charge in [0.25, 0.3) is 0 Å². The first kappa shape index (κ1) is 23.1. The maximum absolute atomic E-state index is 6.39. The van der Waals surface area contributed by atoms with Gasteiger partial charge in [-0.1, -0.05) is 74.2 Å². The van der Waals surface area contributed by atoms with E-state index >= 15 is 0 Å². The van der Waals surface area contributed by atoms with Gasteiger partial charge in [0.05, 0.1) is 35.9 Å². The largest absolute Gasteiger partial charge is 0.454 e. The molecule has 0 N–H and O–H groups in total. The summed E-state index contributed by atoms with van der Waals surface area (Å²) in [5, 5.41) is 15.7. The van der Waals surface area contributed by atoms with Crippen molar-refractivity contribution in [3.8, 4) is 0 Å². The van der Waals surface area contributed by atoms with Crippen LogP contribution in [0.4, 0.5) is 11.4 Å². The zero-order chi connectivity index (χ0) is 25.8. The predicted molar refractivity (Wildman–Crippen MR) is 159 cm³/mol. The Morgan fingerprint density at radius 1 is 0.641 bits per heavy atom. The van der Waals surface area contributed by atoms with Crippen molar-refractivity contribution in [1.29, 1.82) is 0 Å². The van der Waals surface area contributed by atoms with Gasteiger partial charge in [-0.25, -0.2) is 0 Å². The van der Waals surface area contributed by atoms with Gasteiger partial charge < -0.3 is 4.42 Å². The number of nitrogens with zero attached hydrogens (tertiary/aromatic N) is 4. The minimum atomic E-state index is 0.450. The number of benzene rings is 3. The highest BCUT2D eigenvalue weighted by molar-refractivity contribution is 5.99. The lowest BCUT2D eigenvalue weighted by molar-refractivity contribution is 0.389. The Balaban J connectivity index is 1.09. The van der Waals surface area contributed by atoms with E-state index in [1.807, 2.05) is 12.4 Å². The van der Waals surface area contributed by atoms with E-state index in [9.17, 15) is 0 Å². The molecule has 0 amide bonds. The number of fused-ring (bicyclic) bond motifs is 7. The van der Waals surface area contributed by atoms with Crippen LogP contribution in [0.15, 0.2) is 87.4 Å². The number of anilines is 2. The van der Waals surface area contributed by atoms with Crippen LogP contribution in [0.5, 0.6) is 0 Å². The molecule has 4 unspecified atom stereocenters. The van der Waals surface area contributed by atoms with Crippen molar-refractivity contribution in [3.05, 3.63) is 95.2 Å². The van der Waals surface area contributed by atoms with Gasteiger partial charge in [0.1, 0.15) is 11.3 Å². The molecule has 3 aromatic carbocycles. The van der Waals surface area contributed by atoms with Crippen molar-refractivity contribution < 1.29 is 4.42 Å². The molecular formula is C34H34N4O. The zero-order valence-electron chi connectivity index (χ0n) is 22.2. The number of hydrogen-bond acceptors (Lipinski definition) is 5. The van der Waals surface area contributed by atoms with Crippen molar-refractivity contribution in [2.24, 2.45) is 10.2 Å². The fourth-order valence-electron chi connectivity index (χ4n) is 7.72. The fourth-order valence-corrected chi connectivity index (χ4v) is 7.72. The molecule has 2 aliphatic heterocycles. The summed E-state index contributed by atoms with van der Waals surface area (Å²) in [6, 6.07) is 26.9. The van der Waals surface area contributed by atoms with Gasteiger partial charge in [0.2, 0.25) is 0 Å². The molecule has 4 aromatic rings. The summed E-state index contributed by atoms with van der Waals surface area (Å²) >= 11 is 0. The van der Waals surface area contributed by atoms with Crippen LogP contribution >= 0.6 is 0 Å². The minimum absolute atomic E-state index is 0.450. The molecule has 4 aliphatic rings. The first-order valence-corrected chi connectivity index (χ1v) is 14.7. The molecule has 196 valence electrons. The Kier molecular flexibility index (Phi) is 5.56.